The van der Waals surface area contributed by atoms with Gasteiger partial charge < -0.3 is 11.1 Å². The Morgan fingerprint density at radius 3 is 2.48 bits per heavy atom. The number of aliphatic imine (C=N–C) groups is 1. The first kappa shape index (κ1) is 18.0. The van der Waals surface area contributed by atoms with Gasteiger partial charge in [0.15, 0.2) is 5.96 Å². The highest BCUT2D eigenvalue weighted by atomic mass is 127. The van der Waals surface area contributed by atoms with Crippen molar-refractivity contribution in [3.05, 3.63) is 42.0 Å². The molecule has 1 aromatic carbocycles. The highest BCUT2D eigenvalue weighted by Gasteiger charge is 2.11. The molecular weight excluding hydrogens is 373 g/mol. The number of benzene rings is 1. The summed E-state index contributed by atoms with van der Waals surface area (Å²) in [4.78, 5) is 4.36. The van der Waals surface area contributed by atoms with Crippen LogP contribution in [-0.4, -0.2) is 18.5 Å². The number of hydrogen-bond donors (Lipinski definition) is 2. The number of rotatable bonds is 4. The van der Waals surface area contributed by atoms with Gasteiger partial charge in [-0.2, -0.15) is 0 Å². The van der Waals surface area contributed by atoms with Crippen molar-refractivity contribution in [2.24, 2.45) is 10.7 Å². The first-order chi connectivity index (χ1) is 9.84. The van der Waals surface area contributed by atoms with Crippen LogP contribution in [0.25, 0.3) is 6.08 Å². The minimum absolute atomic E-state index is 0. The molecule has 1 aromatic rings. The summed E-state index contributed by atoms with van der Waals surface area (Å²) in [6, 6.07) is 10.8. The molecule has 0 aromatic heterocycles. The van der Waals surface area contributed by atoms with Crippen molar-refractivity contribution in [1.29, 1.82) is 0 Å². The molecule has 1 saturated carbocycles. The van der Waals surface area contributed by atoms with E-state index in [-0.39, 0.29) is 24.0 Å². The summed E-state index contributed by atoms with van der Waals surface area (Å²) in [6.07, 6.45) is 11.9. The Morgan fingerprint density at radius 1 is 1.14 bits per heavy atom. The van der Waals surface area contributed by atoms with Crippen LogP contribution in [0.4, 0.5) is 0 Å². The fraction of sp³-hybridized carbons (Fsp3) is 0.471. The molecule has 1 aliphatic carbocycles. The SMILES string of the molecule is I.NC(=NCC=Cc1ccccc1)NC1CCCCCC1. The average Bonchev–Trinajstić information content (AvgIpc) is 2.73. The van der Waals surface area contributed by atoms with Crippen LogP contribution in [0.2, 0.25) is 0 Å². The van der Waals surface area contributed by atoms with Gasteiger partial charge in [-0.3, -0.25) is 0 Å². The van der Waals surface area contributed by atoms with E-state index in [1.807, 2.05) is 24.3 Å². The zero-order valence-corrected chi connectivity index (χ0v) is 14.8. The topological polar surface area (TPSA) is 50.4 Å². The van der Waals surface area contributed by atoms with Crippen molar-refractivity contribution in [3.63, 3.8) is 0 Å². The maximum atomic E-state index is 5.94. The number of hydrogen-bond acceptors (Lipinski definition) is 1. The molecule has 21 heavy (non-hydrogen) atoms. The Hall–Kier alpha value is -1.04. The summed E-state index contributed by atoms with van der Waals surface area (Å²) in [5.41, 5.74) is 7.13. The third-order valence-electron chi connectivity index (χ3n) is 3.68. The number of nitrogens with one attached hydrogen (secondary N) is 1. The lowest BCUT2D eigenvalue weighted by atomic mass is 10.1. The van der Waals surface area contributed by atoms with Crippen molar-refractivity contribution in [2.75, 3.05) is 6.54 Å². The summed E-state index contributed by atoms with van der Waals surface area (Å²) in [7, 11) is 0. The Balaban J connectivity index is 0.00000220. The molecule has 0 atom stereocenters. The van der Waals surface area contributed by atoms with Gasteiger partial charge in [0.1, 0.15) is 0 Å². The molecule has 3 nitrogen and oxygen atoms in total. The average molecular weight is 399 g/mol. The predicted molar refractivity (Wildman–Crippen MR) is 102 cm³/mol. The van der Waals surface area contributed by atoms with E-state index in [0.29, 0.717) is 18.5 Å². The maximum absolute atomic E-state index is 5.94. The normalized spacial score (nSPS) is 17.2. The Kier molecular flexibility index (Phi) is 9.14. The molecule has 0 saturated heterocycles. The summed E-state index contributed by atoms with van der Waals surface area (Å²) >= 11 is 0. The van der Waals surface area contributed by atoms with Crippen LogP contribution < -0.4 is 11.1 Å². The van der Waals surface area contributed by atoms with Gasteiger partial charge >= 0.3 is 0 Å². The van der Waals surface area contributed by atoms with Gasteiger partial charge in [-0.05, 0) is 18.4 Å². The van der Waals surface area contributed by atoms with Crippen molar-refractivity contribution < 1.29 is 0 Å². The molecule has 0 bridgehead atoms. The summed E-state index contributed by atoms with van der Waals surface area (Å²) < 4.78 is 0. The second-order valence-electron chi connectivity index (χ2n) is 5.37. The smallest absolute Gasteiger partial charge is 0.189 e. The van der Waals surface area contributed by atoms with Gasteiger partial charge in [-0.1, -0.05) is 68.2 Å². The molecule has 0 spiro atoms. The summed E-state index contributed by atoms with van der Waals surface area (Å²) in [6.45, 7) is 0.625. The Bertz CT molecular complexity index is 435. The molecule has 0 radical (unpaired) electrons. The van der Waals surface area contributed by atoms with Crippen molar-refractivity contribution in [3.8, 4) is 0 Å². The van der Waals surface area contributed by atoms with Gasteiger partial charge in [0, 0.05) is 6.04 Å². The van der Waals surface area contributed by atoms with E-state index in [0.717, 1.165) is 0 Å². The minimum Gasteiger partial charge on any atom is -0.370 e. The largest absolute Gasteiger partial charge is 0.370 e. The second kappa shape index (κ2) is 10.7. The molecular formula is C17H26IN3. The molecule has 1 aliphatic rings. The Labute approximate surface area is 145 Å². The lowest BCUT2D eigenvalue weighted by Gasteiger charge is -2.16. The van der Waals surface area contributed by atoms with E-state index < -0.39 is 0 Å². The molecule has 116 valence electrons. The highest BCUT2D eigenvalue weighted by molar-refractivity contribution is 14.0. The van der Waals surface area contributed by atoms with Crippen LogP contribution in [-0.2, 0) is 0 Å². The van der Waals surface area contributed by atoms with Gasteiger partial charge in [-0.15, -0.1) is 24.0 Å². The number of nitrogens with two attached hydrogens (primary N) is 1. The van der Waals surface area contributed by atoms with Crippen LogP contribution >= 0.6 is 24.0 Å². The zero-order chi connectivity index (χ0) is 14.0. The predicted octanol–water partition coefficient (Wildman–Crippen LogP) is 3.94. The van der Waals surface area contributed by atoms with Crippen LogP contribution in [0.3, 0.4) is 0 Å². The first-order valence-electron chi connectivity index (χ1n) is 7.62. The van der Waals surface area contributed by atoms with E-state index in [4.69, 9.17) is 5.73 Å². The van der Waals surface area contributed by atoms with Crippen LogP contribution in [0.15, 0.2) is 41.4 Å². The maximum Gasteiger partial charge on any atom is 0.189 e. The van der Waals surface area contributed by atoms with E-state index in [2.05, 4.69) is 28.5 Å². The quantitative estimate of drug-likeness (QED) is 0.349. The standard InChI is InChI=1S/C17H25N3.HI/c18-17(20-16-12-6-1-2-7-13-16)19-14-8-11-15-9-4-3-5-10-15;/h3-5,8-11,16H,1-2,6-7,12-14H2,(H3,18,19,20);1H. The molecule has 0 unspecified atom stereocenters. The van der Waals surface area contributed by atoms with Crippen molar-refractivity contribution in [1.82, 2.24) is 5.32 Å². The molecule has 3 N–H and O–H groups in total. The third kappa shape index (κ3) is 7.50. The van der Waals surface area contributed by atoms with E-state index in [1.54, 1.807) is 0 Å². The van der Waals surface area contributed by atoms with Gasteiger partial charge in [-0.25, -0.2) is 4.99 Å². The van der Waals surface area contributed by atoms with Gasteiger partial charge in [0.25, 0.3) is 0 Å². The number of guanidine groups is 1. The van der Waals surface area contributed by atoms with Crippen molar-refractivity contribution in [2.45, 2.75) is 44.6 Å². The lowest BCUT2D eigenvalue weighted by Crippen LogP contribution is -2.39. The molecule has 0 aliphatic heterocycles. The molecule has 0 amide bonds. The first-order valence-corrected chi connectivity index (χ1v) is 7.62. The fourth-order valence-corrected chi connectivity index (χ4v) is 2.58. The number of halogens is 1. The lowest BCUT2D eigenvalue weighted by molar-refractivity contribution is 0.530. The van der Waals surface area contributed by atoms with E-state index >= 15 is 0 Å². The number of nitrogens with zero attached hydrogens (tertiary/aromatic N) is 1. The van der Waals surface area contributed by atoms with Crippen molar-refractivity contribution >= 4 is 36.0 Å². The van der Waals surface area contributed by atoms with Gasteiger partial charge in [0.2, 0.25) is 0 Å². The Morgan fingerprint density at radius 2 is 1.81 bits per heavy atom. The minimum atomic E-state index is 0. The van der Waals surface area contributed by atoms with E-state index in [1.165, 1.54) is 44.1 Å². The van der Waals surface area contributed by atoms with E-state index in [9.17, 15) is 0 Å². The molecule has 1 fully saturated rings. The summed E-state index contributed by atoms with van der Waals surface area (Å²) in [5, 5.41) is 3.35. The molecule has 2 rings (SSSR count). The zero-order valence-electron chi connectivity index (χ0n) is 12.5. The van der Waals surface area contributed by atoms with Crippen LogP contribution in [0.1, 0.15) is 44.1 Å². The van der Waals surface area contributed by atoms with Crippen LogP contribution in [0, 0.1) is 0 Å². The fourth-order valence-electron chi connectivity index (χ4n) is 2.58. The monoisotopic (exact) mass is 399 g/mol. The van der Waals surface area contributed by atoms with Crippen LogP contribution in [0.5, 0.6) is 0 Å². The second-order valence-corrected chi connectivity index (χ2v) is 5.37. The summed E-state index contributed by atoms with van der Waals surface area (Å²) in [5.74, 6) is 0.578. The third-order valence-corrected chi connectivity index (χ3v) is 3.68. The highest BCUT2D eigenvalue weighted by Crippen LogP contribution is 2.16. The molecule has 0 heterocycles. The molecule has 4 heteroatoms. The van der Waals surface area contributed by atoms with Gasteiger partial charge in [0.05, 0.1) is 6.54 Å².